The summed E-state index contributed by atoms with van der Waals surface area (Å²) in [6.45, 7) is 3.90. The van der Waals surface area contributed by atoms with Gasteiger partial charge in [-0.3, -0.25) is 10.1 Å². The molecule has 0 fully saturated rings. The lowest BCUT2D eigenvalue weighted by Gasteiger charge is -2.10. The molecule has 6 nitrogen and oxygen atoms in total. The van der Waals surface area contributed by atoms with Gasteiger partial charge < -0.3 is 9.47 Å². The number of nitrogens with one attached hydrogen (secondary N) is 1. The van der Waals surface area contributed by atoms with Crippen LogP contribution in [0.15, 0.2) is 47.4 Å². The van der Waals surface area contributed by atoms with Crippen LogP contribution in [0.3, 0.4) is 0 Å². The molecule has 8 heteroatoms. The third-order valence-electron chi connectivity index (χ3n) is 4.00. The zero-order valence-corrected chi connectivity index (χ0v) is 17.7. The number of anilines is 1. The van der Waals surface area contributed by atoms with Crippen molar-refractivity contribution in [3.05, 3.63) is 48.0 Å². The van der Waals surface area contributed by atoms with Gasteiger partial charge in [-0.1, -0.05) is 29.0 Å². The minimum absolute atomic E-state index is 0.120. The van der Waals surface area contributed by atoms with Gasteiger partial charge in [-0.05, 0) is 44.2 Å². The van der Waals surface area contributed by atoms with Gasteiger partial charge in [-0.15, -0.1) is 22.0 Å². The number of nitrogens with zero attached hydrogens (tertiary/aromatic N) is 2. The molecule has 0 saturated heterocycles. The Morgan fingerprint density at radius 2 is 1.86 bits per heavy atom. The highest BCUT2D eigenvalue weighted by Crippen LogP contribution is 2.36. The van der Waals surface area contributed by atoms with Gasteiger partial charge in [0.25, 0.3) is 0 Å². The van der Waals surface area contributed by atoms with Crippen LogP contribution in [0.4, 0.5) is 5.13 Å². The minimum Gasteiger partial charge on any atom is -0.497 e. The quantitative estimate of drug-likeness (QED) is 0.566. The van der Waals surface area contributed by atoms with E-state index in [2.05, 4.69) is 15.5 Å². The Morgan fingerprint density at radius 3 is 2.54 bits per heavy atom. The van der Waals surface area contributed by atoms with E-state index in [1.807, 2.05) is 56.3 Å². The Morgan fingerprint density at radius 1 is 1.11 bits per heavy atom. The molecule has 1 amide bonds. The molecule has 0 aliphatic heterocycles. The van der Waals surface area contributed by atoms with E-state index in [0.29, 0.717) is 21.6 Å². The second-order valence-corrected chi connectivity index (χ2v) is 8.43. The minimum atomic E-state index is -0.263. The van der Waals surface area contributed by atoms with Crippen molar-refractivity contribution in [2.24, 2.45) is 0 Å². The second-order valence-electron chi connectivity index (χ2n) is 6.04. The number of ether oxygens (including phenoxy) is 2. The smallest absolute Gasteiger partial charge is 0.239 e. The highest BCUT2D eigenvalue weighted by molar-refractivity contribution is 8.00. The zero-order valence-electron chi connectivity index (χ0n) is 16.1. The van der Waals surface area contributed by atoms with Crippen molar-refractivity contribution >= 4 is 34.1 Å². The molecule has 0 spiro atoms. The molecule has 1 heterocycles. The van der Waals surface area contributed by atoms with Crippen LogP contribution < -0.4 is 14.8 Å². The standard InChI is InChI=1S/C20H21N3O3S2/c1-12-5-8-15(9-6-12)27-13(2)18(24)21-20-23-22-19(28-20)16-11-14(25-3)7-10-17(16)26-4/h5-11,13H,1-4H3,(H,21,23,24). The van der Waals surface area contributed by atoms with Crippen LogP contribution in [0.1, 0.15) is 12.5 Å². The number of rotatable bonds is 7. The third-order valence-corrected chi connectivity index (χ3v) is 5.98. The van der Waals surface area contributed by atoms with E-state index in [4.69, 9.17) is 9.47 Å². The molecule has 1 aromatic heterocycles. The Hall–Kier alpha value is -2.58. The number of carbonyl (C=O) groups excluding carboxylic acids is 1. The van der Waals surface area contributed by atoms with Crippen molar-refractivity contribution in [1.29, 1.82) is 0 Å². The fourth-order valence-corrected chi connectivity index (χ4v) is 4.08. The molecule has 1 N–H and O–H groups in total. The monoisotopic (exact) mass is 415 g/mol. The number of hydrogen-bond acceptors (Lipinski definition) is 7. The number of hydrogen-bond donors (Lipinski definition) is 1. The van der Waals surface area contributed by atoms with Crippen molar-refractivity contribution in [2.75, 3.05) is 19.5 Å². The van der Waals surface area contributed by atoms with E-state index in [1.54, 1.807) is 14.2 Å². The largest absolute Gasteiger partial charge is 0.497 e. The summed E-state index contributed by atoms with van der Waals surface area (Å²) in [4.78, 5) is 13.6. The molecule has 0 saturated carbocycles. The molecular weight excluding hydrogens is 394 g/mol. The molecule has 3 aromatic rings. The molecule has 146 valence electrons. The number of aryl methyl sites for hydroxylation is 1. The van der Waals surface area contributed by atoms with Gasteiger partial charge in [0.05, 0.1) is 25.0 Å². The SMILES string of the molecule is COc1ccc(OC)c(-c2nnc(NC(=O)C(C)Sc3ccc(C)cc3)s2)c1. The molecule has 0 bridgehead atoms. The maximum atomic E-state index is 12.5. The highest BCUT2D eigenvalue weighted by atomic mass is 32.2. The molecule has 2 aromatic carbocycles. The zero-order chi connectivity index (χ0) is 20.1. The number of aromatic nitrogens is 2. The predicted octanol–water partition coefficient (Wildman–Crippen LogP) is 4.65. The summed E-state index contributed by atoms with van der Waals surface area (Å²) < 4.78 is 10.7. The van der Waals surface area contributed by atoms with Crippen LogP contribution in [0.2, 0.25) is 0 Å². The summed E-state index contributed by atoms with van der Waals surface area (Å²) in [5.74, 6) is 1.24. The molecule has 28 heavy (non-hydrogen) atoms. The number of carbonyl (C=O) groups is 1. The highest BCUT2D eigenvalue weighted by Gasteiger charge is 2.18. The number of amides is 1. The van der Waals surface area contributed by atoms with Gasteiger partial charge in [0, 0.05) is 4.90 Å². The second kappa shape index (κ2) is 9.07. The van der Waals surface area contributed by atoms with Gasteiger partial charge >= 0.3 is 0 Å². The number of benzene rings is 2. The summed E-state index contributed by atoms with van der Waals surface area (Å²) in [6.07, 6.45) is 0. The van der Waals surface area contributed by atoms with Crippen molar-refractivity contribution in [2.45, 2.75) is 24.0 Å². The van der Waals surface area contributed by atoms with Gasteiger partial charge in [0.1, 0.15) is 11.5 Å². The van der Waals surface area contributed by atoms with Crippen molar-refractivity contribution in [3.8, 4) is 22.1 Å². The van der Waals surface area contributed by atoms with Gasteiger partial charge in [0.15, 0.2) is 5.01 Å². The van der Waals surface area contributed by atoms with Crippen LogP contribution in [0.25, 0.3) is 10.6 Å². The summed E-state index contributed by atoms with van der Waals surface area (Å²) in [6, 6.07) is 13.6. The first kappa shape index (κ1) is 20.2. The fraction of sp³-hybridized carbons (Fsp3) is 0.250. The lowest BCUT2D eigenvalue weighted by atomic mass is 10.2. The molecule has 0 radical (unpaired) electrons. The average molecular weight is 416 g/mol. The van der Waals surface area contributed by atoms with Crippen LogP contribution >= 0.6 is 23.1 Å². The maximum Gasteiger partial charge on any atom is 0.239 e. The molecular formula is C20H21N3O3S2. The van der Waals surface area contributed by atoms with E-state index in [9.17, 15) is 4.79 Å². The van der Waals surface area contributed by atoms with Gasteiger partial charge in [0.2, 0.25) is 11.0 Å². The molecule has 0 aliphatic rings. The molecule has 1 unspecified atom stereocenters. The van der Waals surface area contributed by atoms with Crippen LogP contribution in [-0.2, 0) is 4.79 Å². The first-order valence-corrected chi connectivity index (χ1v) is 10.3. The Labute approximate surface area is 172 Å². The van der Waals surface area contributed by atoms with E-state index in [0.717, 1.165) is 10.5 Å². The Bertz CT molecular complexity index is 958. The van der Waals surface area contributed by atoms with Crippen LogP contribution in [0, 0.1) is 6.92 Å². The lowest BCUT2D eigenvalue weighted by molar-refractivity contribution is -0.115. The van der Waals surface area contributed by atoms with E-state index in [1.165, 1.54) is 28.7 Å². The Balaban J connectivity index is 1.70. The average Bonchev–Trinajstić information content (AvgIpc) is 3.17. The molecule has 3 rings (SSSR count). The van der Waals surface area contributed by atoms with E-state index in [-0.39, 0.29) is 11.2 Å². The molecule has 0 aliphatic carbocycles. The normalized spacial score (nSPS) is 11.7. The topological polar surface area (TPSA) is 73.3 Å². The first-order chi connectivity index (χ1) is 13.5. The summed E-state index contributed by atoms with van der Waals surface area (Å²) in [5, 5.41) is 12.0. The van der Waals surface area contributed by atoms with Crippen LogP contribution in [-0.4, -0.2) is 35.6 Å². The maximum absolute atomic E-state index is 12.5. The lowest BCUT2D eigenvalue weighted by Crippen LogP contribution is -2.22. The van der Waals surface area contributed by atoms with E-state index >= 15 is 0 Å². The first-order valence-electron chi connectivity index (χ1n) is 8.60. The summed E-state index contributed by atoms with van der Waals surface area (Å²) >= 11 is 2.79. The van der Waals surface area contributed by atoms with Crippen molar-refractivity contribution in [3.63, 3.8) is 0 Å². The fourth-order valence-electron chi connectivity index (χ4n) is 2.45. The van der Waals surface area contributed by atoms with Crippen LogP contribution in [0.5, 0.6) is 11.5 Å². The third kappa shape index (κ3) is 4.82. The number of methoxy groups -OCH3 is 2. The molecule has 1 atom stereocenters. The Kier molecular flexibility index (Phi) is 6.53. The van der Waals surface area contributed by atoms with Crippen molar-refractivity contribution in [1.82, 2.24) is 10.2 Å². The van der Waals surface area contributed by atoms with E-state index < -0.39 is 0 Å². The summed E-state index contributed by atoms with van der Waals surface area (Å²) in [7, 11) is 3.20. The van der Waals surface area contributed by atoms with Gasteiger partial charge in [-0.25, -0.2) is 0 Å². The van der Waals surface area contributed by atoms with Gasteiger partial charge in [-0.2, -0.15) is 0 Å². The number of thioether (sulfide) groups is 1. The predicted molar refractivity (Wildman–Crippen MR) is 114 cm³/mol. The van der Waals surface area contributed by atoms with Crippen molar-refractivity contribution < 1.29 is 14.3 Å². The summed E-state index contributed by atoms with van der Waals surface area (Å²) in [5.41, 5.74) is 1.96.